The molecule has 3 aromatic rings. The summed E-state index contributed by atoms with van der Waals surface area (Å²) in [6.45, 7) is 1.51. The Kier molecular flexibility index (Phi) is 6.60. The van der Waals surface area contributed by atoms with Crippen LogP contribution in [0.25, 0.3) is 5.95 Å². The summed E-state index contributed by atoms with van der Waals surface area (Å²) in [5.41, 5.74) is -3.98. The van der Waals surface area contributed by atoms with Gasteiger partial charge in [-0.2, -0.15) is 36.0 Å². The van der Waals surface area contributed by atoms with Crippen molar-refractivity contribution in [2.24, 2.45) is 0 Å². The van der Waals surface area contributed by atoms with E-state index in [9.17, 15) is 31.1 Å². The quantitative estimate of drug-likeness (QED) is 0.537. The number of aromatic nitrogens is 5. The van der Waals surface area contributed by atoms with E-state index in [4.69, 9.17) is 4.74 Å². The van der Waals surface area contributed by atoms with Gasteiger partial charge in [0, 0.05) is 31.0 Å². The number of hydrogen-bond donors (Lipinski definition) is 1. The number of carbonyl (C=O) groups is 1. The summed E-state index contributed by atoms with van der Waals surface area (Å²) in [5, 5.41) is 6.65. The Labute approximate surface area is 193 Å². The van der Waals surface area contributed by atoms with E-state index < -0.39 is 35.0 Å². The summed E-state index contributed by atoms with van der Waals surface area (Å²) in [6, 6.07) is 2.23. The van der Waals surface area contributed by atoms with Crippen molar-refractivity contribution < 1.29 is 35.9 Å². The molecule has 4 rings (SSSR count). The Balaban J connectivity index is 1.61. The Morgan fingerprint density at radius 3 is 2.11 bits per heavy atom. The van der Waals surface area contributed by atoms with E-state index in [1.54, 1.807) is 6.07 Å². The second-order valence-corrected chi connectivity index (χ2v) is 7.37. The predicted octanol–water partition coefficient (Wildman–Crippen LogP) is 2.86. The van der Waals surface area contributed by atoms with Crippen LogP contribution >= 0.6 is 0 Å². The zero-order valence-electron chi connectivity index (χ0n) is 17.8. The minimum Gasteiger partial charge on any atom is -0.378 e. The lowest BCUT2D eigenvalue weighted by Gasteiger charge is -2.25. The highest BCUT2D eigenvalue weighted by atomic mass is 19.4. The van der Waals surface area contributed by atoms with Crippen LogP contribution in [0.2, 0.25) is 0 Å². The number of rotatable bonds is 5. The molecule has 0 radical (unpaired) electrons. The van der Waals surface area contributed by atoms with E-state index in [1.807, 2.05) is 4.90 Å². The molecule has 1 aliphatic heterocycles. The second kappa shape index (κ2) is 9.48. The number of nitrogens with one attached hydrogen (secondary N) is 1. The number of nitrogens with zero attached hydrogens (tertiary/aromatic N) is 6. The number of ether oxygens (including phenoxy) is 1. The van der Waals surface area contributed by atoms with Crippen LogP contribution in [-0.4, -0.2) is 56.9 Å². The molecule has 0 atom stereocenters. The second-order valence-electron chi connectivity index (χ2n) is 7.37. The van der Waals surface area contributed by atoms with Crippen molar-refractivity contribution in [3.05, 3.63) is 59.2 Å². The number of anilines is 1. The van der Waals surface area contributed by atoms with Crippen molar-refractivity contribution in [3.8, 4) is 5.95 Å². The molecule has 1 fully saturated rings. The molecule has 35 heavy (non-hydrogen) atoms. The van der Waals surface area contributed by atoms with Crippen molar-refractivity contribution in [3.63, 3.8) is 0 Å². The van der Waals surface area contributed by atoms with Crippen LogP contribution in [0, 0.1) is 0 Å². The van der Waals surface area contributed by atoms with Gasteiger partial charge in [-0.3, -0.25) is 4.79 Å². The maximum Gasteiger partial charge on any atom is 0.416 e. The average molecular weight is 501 g/mol. The summed E-state index contributed by atoms with van der Waals surface area (Å²) >= 11 is 0. The minimum absolute atomic E-state index is 0.0469. The lowest BCUT2D eigenvalue weighted by Crippen LogP contribution is -2.37. The van der Waals surface area contributed by atoms with Crippen molar-refractivity contribution in [2.75, 3.05) is 31.2 Å². The lowest BCUT2D eigenvalue weighted by atomic mass is 10.0. The highest BCUT2D eigenvalue weighted by Crippen LogP contribution is 2.36. The summed E-state index contributed by atoms with van der Waals surface area (Å²) in [4.78, 5) is 26.9. The zero-order valence-corrected chi connectivity index (χ0v) is 17.8. The molecule has 1 amide bonds. The third-order valence-corrected chi connectivity index (χ3v) is 4.96. The molecule has 1 aromatic carbocycles. The summed E-state index contributed by atoms with van der Waals surface area (Å²) < 4.78 is 85.3. The van der Waals surface area contributed by atoms with Gasteiger partial charge in [0.2, 0.25) is 5.95 Å². The normalized spacial score (nSPS) is 14.7. The molecule has 186 valence electrons. The Morgan fingerprint density at radius 2 is 1.54 bits per heavy atom. The van der Waals surface area contributed by atoms with Crippen LogP contribution in [0.4, 0.5) is 32.3 Å². The minimum atomic E-state index is -5.08. The number of benzene rings is 1. The van der Waals surface area contributed by atoms with Gasteiger partial charge in [-0.05, 0) is 24.3 Å². The van der Waals surface area contributed by atoms with Crippen LogP contribution in [0.3, 0.4) is 0 Å². The molecule has 9 nitrogen and oxygen atoms in total. The third kappa shape index (κ3) is 5.67. The van der Waals surface area contributed by atoms with E-state index >= 15 is 0 Å². The molecule has 1 N–H and O–H groups in total. The number of hydrogen-bond acceptors (Lipinski definition) is 7. The highest BCUT2D eigenvalue weighted by Gasteiger charge is 2.37. The zero-order chi connectivity index (χ0) is 25.2. The van der Waals surface area contributed by atoms with E-state index in [-0.39, 0.29) is 30.3 Å². The molecule has 0 spiro atoms. The molecular weight excluding hydrogens is 484 g/mol. The predicted molar refractivity (Wildman–Crippen MR) is 108 cm³/mol. The van der Waals surface area contributed by atoms with Gasteiger partial charge in [0.05, 0.1) is 30.9 Å². The number of morpholine rings is 1. The largest absolute Gasteiger partial charge is 0.416 e. The first-order valence-corrected chi connectivity index (χ1v) is 10.2. The van der Waals surface area contributed by atoms with Gasteiger partial charge in [0.1, 0.15) is 0 Å². The van der Waals surface area contributed by atoms with E-state index in [2.05, 4.69) is 25.4 Å². The summed E-state index contributed by atoms with van der Waals surface area (Å²) in [7, 11) is 0. The number of halogens is 6. The van der Waals surface area contributed by atoms with E-state index in [1.165, 1.54) is 17.1 Å². The van der Waals surface area contributed by atoms with Gasteiger partial charge in [0.25, 0.3) is 11.9 Å². The molecule has 2 aromatic heterocycles. The van der Waals surface area contributed by atoms with Crippen molar-refractivity contribution in [2.45, 2.75) is 18.9 Å². The van der Waals surface area contributed by atoms with Gasteiger partial charge < -0.3 is 15.0 Å². The monoisotopic (exact) mass is 501 g/mol. The van der Waals surface area contributed by atoms with Crippen molar-refractivity contribution >= 4 is 11.9 Å². The van der Waals surface area contributed by atoms with E-state index in [0.717, 1.165) is 0 Å². The first-order chi connectivity index (χ1) is 16.5. The summed E-state index contributed by atoms with van der Waals surface area (Å²) in [6.07, 6.45) is -7.26. The summed E-state index contributed by atoms with van der Waals surface area (Å²) in [5.74, 6) is -0.641. The van der Waals surface area contributed by atoms with Crippen molar-refractivity contribution in [1.29, 1.82) is 0 Å². The number of carbonyl (C=O) groups excluding carboxylic acids is 1. The Bertz CT molecular complexity index is 1160. The van der Waals surface area contributed by atoms with Crippen LogP contribution in [0.15, 0.2) is 36.7 Å². The fourth-order valence-electron chi connectivity index (χ4n) is 3.25. The van der Waals surface area contributed by atoms with Crippen LogP contribution in [0.5, 0.6) is 0 Å². The lowest BCUT2D eigenvalue weighted by molar-refractivity contribution is -0.143. The van der Waals surface area contributed by atoms with E-state index in [0.29, 0.717) is 38.4 Å². The number of alkyl halides is 6. The molecule has 3 heterocycles. The molecule has 0 unspecified atom stereocenters. The first-order valence-electron chi connectivity index (χ1n) is 10.2. The van der Waals surface area contributed by atoms with Gasteiger partial charge in [-0.1, -0.05) is 0 Å². The topological polar surface area (TPSA) is 98.1 Å². The number of amides is 1. The molecular formula is C20H17F6N7O2. The molecule has 0 saturated carbocycles. The fourth-order valence-corrected chi connectivity index (χ4v) is 3.25. The third-order valence-electron chi connectivity index (χ3n) is 4.96. The van der Waals surface area contributed by atoms with Crippen LogP contribution in [0.1, 0.15) is 27.3 Å². The standard InChI is InChI=1S/C20H17F6N7O2/c21-19(22,23)13-8-12(9-14(10-13)20(24,25)26)16(34)29-11-15-30-18(32-4-6-35-7-5-32)31-33(15)17-27-2-1-3-28-17/h1-3,8-10H,4-7,11H2,(H,29,34). The smallest absolute Gasteiger partial charge is 0.378 e. The Morgan fingerprint density at radius 1 is 0.943 bits per heavy atom. The molecule has 1 saturated heterocycles. The molecule has 15 heteroatoms. The maximum absolute atomic E-state index is 13.1. The van der Waals surface area contributed by atoms with Gasteiger partial charge in [-0.15, -0.1) is 5.10 Å². The highest BCUT2D eigenvalue weighted by molar-refractivity contribution is 5.94. The van der Waals surface area contributed by atoms with Crippen LogP contribution < -0.4 is 10.2 Å². The molecule has 1 aliphatic rings. The van der Waals surface area contributed by atoms with Crippen molar-refractivity contribution in [1.82, 2.24) is 30.0 Å². The SMILES string of the molecule is O=C(NCc1nc(N2CCOCC2)nn1-c1ncccn1)c1cc(C(F)(F)F)cc(C(F)(F)F)c1. The maximum atomic E-state index is 13.1. The molecule has 0 bridgehead atoms. The Hall–Kier alpha value is -3.75. The van der Waals surface area contributed by atoms with Gasteiger partial charge in [-0.25, -0.2) is 9.97 Å². The fraction of sp³-hybridized carbons (Fsp3) is 0.350. The van der Waals surface area contributed by atoms with Gasteiger partial charge >= 0.3 is 12.4 Å². The average Bonchev–Trinajstić information content (AvgIpc) is 3.26. The van der Waals surface area contributed by atoms with Crippen LogP contribution in [-0.2, 0) is 23.6 Å². The first kappa shape index (κ1) is 24.4. The molecule has 0 aliphatic carbocycles. The van der Waals surface area contributed by atoms with Gasteiger partial charge in [0.15, 0.2) is 5.82 Å².